The Morgan fingerprint density at radius 2 is 2.00 bits per heavy atom. The number of halogens is 6. The SMILES string of the molecule is O=C(NCc1ccc(F)c(Cl)c1F)c1cn2c(c(O)c1=O)CN(CC(F)(F)F)[C@@H]1COCC[C@@H]12. The average molecular weight is 508 g/mol. The Morgan fingerprint density at radius 1 is 1.26 bits per heavy atom. The maximum Gasteiger partial charge on any atom is 0.401 e. The fourth-order valence-electron chi connectivity index (χ4n) is 4.34. The van der Waals surface area contributed by atoms with Gasteiger partial charge in [0, 0.05) is 31.5 Å². The van der Waals surface area contributed by atoms with Crippen LogP contribution >= 0.6 is 11.6 Å². The minimum absolute atomic E-state index is 0.0131. The highest BCUT2D eigenvalue weighted by atomic mass is 35.5. The van der Waals surface area contributed by atoms with Crippen LogP contribution in [0.4, 0.5) is 22.0 Å². The number of ether oxygens (including phenoxy) is 1. The van der Waals surface area contributed by atoms with Crippen molar-refractivity contribution in [2.45, 2.75) is 37.8 Å². The van der Waals surface area contributed by atoms with Crippen LogP contribution in [0, 0.1) is 11.6 Å². The summed E-state index contributed by atoms with van der Waals surface area (Å²) >= 11 is 5.52. The van der Waals surface area contributed by atoms with Gasteiger partial charge >= 0.3 is 6.18 Å². The van der Waals surface area contributed by atoms with Gasteiger partial charge in [-0.05, 0) is 12.5 Å². The van der Waals surface area contributed by atoms with E-state index in [-0.39, 0.29) is 31.0 Å². The van der Waals surface area contributed by atoms with Gasteiger partial charge in [0.1, 0.15) is 22.2 Å². The van der Waals surface area contributed by atoms with Crippen molar-refractivity contribution in [3.8, 4) is 5.75 Å². The zero-order valence-electron chi connectivity index (χ0n) is 17.5. The molecule has 2 aliphatic rings. The van der Waals surface area contributed by atoms with Gasteiger partial charge in [0.15, 0.2) is 5.75 Å². The minimum Gasteiger partial charge on any atom is -0.503 e. The second kappa shape index (κ2) is 9.16. The highest BCUT2D eigenvalue weighted by Gasteiger charge is 2.43. The van der Waals surface area contributed by atoms with Crippen molar-refractivity contribution in [3.05, 3.63) is 62.0 Å². The van der Waals surface area contributed by atoms with Crippen molar-refractivity contribution >= 4 is 17.5 Å². The summed E-state index contributed by atoms with van der Waals surface area (Å²) in [6.45, 7) is -1.78. The number of nitrogens with one attached hydrogen (secondary N) is 1. The number of fused-ring (bicyclic) bond motifs is 3. The molecule has 2 N–H and O–H groups in total. The number of rotatable bonds is 4. The highest BCUT2D eigenvalue weighted by molar-refractivity contribution is 6.30. The lowest BCUT2D eigenvalue weighted by Crippen LogP contribution is -2.54. The molecule has 13 heteroatoms. The first-order valence-electron chi connectivity index (χ1n) is 10.2. The normalized spacial score (nSPS) is 20.5. The molecule has 0 bridgehead atoms. The van der Waals surface area contributed by atoms with E-state index in [0.717, 1.165) is 17.0 Å². The van der Waals surface area contributed by atoms with E-state index in [0.29, 0.717) is 6.42 Å². The van der Waals surface area contributed by atoms with Gasteiger partial charge in [-0.1, -0.05) is 17.7 Å². The maximum atomic E-state index is 14.1. The van der Waals surface area contributed by atoms with Crippen molar-refractivity contribution in [2.24, 2.45) is 0 Å². The van der Waals surface area contributed by atoms with Gasteiger partial charge in [-0.15, -0.1) is 0 Å². The molecule has 1 saturated heterocycles. The Hall–Kier alpha value is -2.70. The second-order valence-electron chi connectivity index (χ2n) is 8.11. The summed E-state index contributed by atoms with van der Waals surface area (Å²) in [5.74, 6) is -3.82. The number of alkyl halides is 3. The summed E-state index contributed by atoms with van der Waals surface area (Å²) in [5, 5.41) is 12.1. The molecule has 1 aromatic heterocycles. The zero-order valence-corrected chi connectivity index (χ0v) is 18.2. The number of nitrogens with zero attached hydrogens (tertiary/aromatic N) is 2. The molecule has 0 aliphatic carbocycles. The average Bonchev–Trinajstić information content (AvgIpc) is 2.78. The Bertz CT molecular complexity index is 1190. The summed E-state index contributed by atoms with van der Waals surface area (Å²) in [5.41, 5.74) is -1.71. The van der Waals surface area contributed by atoms with Crippen molar-refractivity contribution in [3.63, 3.8) is 0 Å². The van der Waals surface area contributed by atoms with E-state index < -0.39 is 70.7 Å². The molecular weight excluding hydrogens is 489 g/mol. The third-order valence-corrected chi connectivity index (χ3v) is 6.31. The predicted octanol–water partition coefficient (Wildman–Crippen LogP) is 3.12. The molecule has 0 unspecified atom stereocenters. The van der Waals surface area contributed by atoms with Crippen molar-refractivity contribution in [1.82, 2.24) is 14.8 Å². The van der Waals surface area contributed by atoms with Crippen LogP contribution in [-0.4, -0.2) is 52.5 Å². The van der Waals surface area contributed by atoms with Crippen molar-refractivity contribution < 1.29 is 36.6 Å². The highest BCUT2D eigenvalue weighted by Crippen LogP contribution is 2.36. The molecule has 2 atom stereocenters. The fourth-order valence-corrected chi connectivity index (χ4v) is 4.53. The number of benzene rings is 1. The Kier molecular flexibility index (Phi) is 6.58. The molecule has 2 aromatic rings. The van der Waals surface area contributed by atoms with Crippen LogP contribution in [0.3, 0.4) is 0 Å². The molecule has 1 amide bonds. The number of aromatic nitrogens is 1. The fraction of sp³-hybridized carbons (Fsp3) is 0.429. The van der Waals surface area contributed by atoms with Crippen LogP contribution in [-0.2, 0) is 17.8 Å². The molecular formula is C21H19ClF5N3O4. The minimum atomic E-state index is -4.50. The summed E-state index contributed by atoms with van der Waals surface area (Å²) in [6, 6.07) is 0.739. The number of pyridine rings is 1. The number of carbonyl (C=O) groups excluding carboxylic acids is 1. The van der Waals surface area contributed by atoms with Gasteiger partial charge in [-0.25, -0.2) is 8.78 Å². The molecule has 2 aliphatic heterocycles. The van der Waals surface area contributed by atoms with Crippen LogP contribution in [0.2, 0.25) is 5.02 Å². The Morgan fingerprint density at radius 3 is 2.71 bits per heavy atom. The molecule has 0 spiro atoms. The molecule has 3 heterocycles. The summed E-state index contributed by atoms with van der Waals surface area (Å²) in [6.07, 6.45) is -3.01. The largest absolute Gasteiger partial charge is 0.503 e. The molecule has 0 saturated carbocycles. The summed E-state index contributed by atoms with van der Waals surface area (Å²) < 4.78 is 73.5. The molecule has 7 nitrogen and oxygen atoms in total. The van der Waals surface area contributed by atoms with E-state index >= 15 is 0 Å². The molecule has 1 aromatic carbocycles. The third-order valence-electron chi connectivity index (χ3n) is 5.96. The Balaban J connectivity index is 1.64. The first-order valence-corrected chi connectivity index (χ1v) is 10.6. The number of amides is 1. The van der Waals surface area contributed by atoms with Gasteiger partial charge in [0.05, 0.1) is 30.9 Å². The van der Waals surface area contributed by atoms with Crippen molar-refractivity contribution in [1.29, 1.82) is 0 Å². The van der Waals surface area contributed by atoms with Gasteiger partial charge in [-0.3, -0.25) is 14.5 Å². The number of carbonyl (C=O) groups is 1. The quantitative estimate of drug-likeness (QED) is 0.491. The zero-order chi connectivity index (χ0) is 24.8. The van der Waals surface area contributed by atoms with Crippen LogP contribution in [0.25, 0.3) is 0 Å². The van der Waals surface area contributed by atoms with Gasteiger partial charge < -0.3 is 19.7 Å². The van der Waals surface area contributed by atoms with Crippen molar-refractivity contribution in [2.75, 3.05) is 19.8 Å². The number of hydrogen-bond donors (Lipinski definition) is 2. The van der Waals surface area contributed by atoms with Crippen LogP contribution < -0.4 is 10.7 Å². The first-order chi connectivity index (χ1) is 16.0. The molecule has 184 valence electrons. The van der Waals surface area contributed by atoms with Gasteiger partial charge in [0.25, 0.3) is 5.91 Å². The monoisotopic (exact) mass is 507 g/mol. The van der Waals surface area contributed by atoms with Crippen LogP contribution in [0.5, 0.6) is 5.75 Å². The molecule has 1 fully saturated rings. The lowest BCUT2D eigenvalue weighted by Gasteiger charge is -2.46. The molecule has 34 heavy (non-hydrogen) atoms. The van der Waals surface area contributed by atoms with Crippen LogP contribution in [0.15, 0.2) is 23.1 Å². The third kappa shape index (κ3) is 4.62. The maximum absolute atomic E-state index is 14.1. The predicted molar refractivity (Wildman–Crippen MR) is 110 cm³/mol. The summed E-state index contributed by atoms with van der Waals surface area (Å²) in [7, 11) is 0. The second-order valence-corrected chi connectivity index (χ2v) is 8.49. The molecule has 0 radical (unpaired) electrons. The van der Waals surface area contributed by atoms with E-state index in [9.17, 15) is 36.6 Å². The molecule has 4 rings (SSSR count). The van der Waals surface area contributed by atoms with E-state index in [4.69, 9.17) is 16.3 Å². The van der Waals surface area contributed by atoms with Gasteiger partial charge in [0.2, 0.25) is 5.43 Å². The standard InChI is InChI=1S/C21H19ClF5N3O4/c22-16-12(23)2-1-10(17(16)24)5-28-20(33)11-6-30-13-3-4-34-8-15(13)29(9-21(25,26)27)7-14(30)19(32)18(11)31/h1-2,6,13,15,32H,3-5,7-9H2,(H,28,33)/t13-,15+/m0/s1. The van der Waals surface area contributed by atoms with E-state index in [1.165, 1.54) is 10.8 Å². The number of aromatic hydroxyl groups is 1. The van der Waals surface area contributed by atoms with Crippen LogP contribution in [0.1, 0.15) is 34.1 Å². The summed E-state index contributed by atoms with van der Waals surface area (Å²) in [4.78, 5) is 26.5. The lowest BCUT2D eigenvalue weighted by atomic mass is 9.96. The lowest BCUT2D eigenvalue weighted by molar-refractivity contribution is -0.165. The number of hydrogen-bond acceptors (Lipinski definition) is 5. The Labute approximate surface area is 194 Å². The van der Waals surface area contributed by atoms with E-state index in [1.807, 2.05) is 0 Å². The smallest absolute Gasteiger partial charge is 0.401 e. The first kappa shape index (κ1) is 24.4. The van der Waals surface area contributed by atoms with Gasteiger partial charge in [-0.2, -0.15) is 13.2 Å². The topological polar surface area (TPSA) is 83.8 Å². The van der Waals surface area contributed by atoms with E-state index in [2.05, 4.69) is 5.32 Å². The van der Waals surface area contributed by atoms with E-state index in [1.54, 1.807) is 0 Å².